The number of rotatable bonds is 1. The van der Waals surface area contributed by atoms with E-state index < -0.39 is 5.60 Å². The Bertz CT molecular complexity index is 336. The van der Waals surface area contributed by atoms with Crippen LogP contribution in [0.3, 0.4) is 0 Å². The van der Waals surface area contributed by atoms with Gasteiger partial charge in [0.15, 0.2) is 0 Å². The van der Waals surface area contributed by atoms with E-state index in [1.807, 2.05) is 0 Å². The van der Waals surface area contributed by atoms with E-state index in [2.05, 4.69) is 5.32 Å². The zero-order valence-electron chi connectivity index (χ0n) is 6.85. The van der Waals surface area contributed by atoms with Crippen LogP contribution in [0.2, 0.25) is 10.0 Å². The van der Waals surface area contributed by atoms with Crippen molar-refractivity contribution in [3.63, 3.8) is 0 Å². The summed E-state index contributed by atoms with van der Waals surface area (Å²) in [7, 11) is 0. The van der Waals surface area contributed by atoms with Crippen LogP contribution in [0, 0.1) is 0 Å². The second kappa shape index (κ2) is 3.14. The number of hydrogen-bond acceptors (Lipinski definition) is 2. The summed E-state index contributed by atoms with van der Waals surface area (Å²) in [5, 5.41) is 13.9. The molecule has 0 spiro atoms. The van der Waals surface area contributed by atoms with E-state index in [0.717, 1.165) is 5.56 Å². The van der Waals surface area contributed by atoms with Gasteiger partial charge in [-0.3, -0.25) is 0 Å². The van der Waals surface area contributed by atoms with Crippen molar-refractivity contribution in [3.05, 3.63) is 33.8 Å². The second-order valence-electron chi connectivity index (χ2n) is 3.26. The van der Waals surface area contributed by atoms with Crippen LogP contribution >= 0.6 is 23.2 Å². The lowest BCUT2D eigenvalue weighted by molar-refractivity contribution is -0.0146. The molecule has 1 heterocycles. The fourth-order valence-corrected chi connectivity index (χ4v) is 1.65. The number of β-amino-alcohol motifs (C(OH)–C–C–N with tert-alkyl or cyclic N) is 1. The third-order valence-electron chi connectivity index (χ3n) is 2.29. The minimum atomic E-state index is -0.756. The second-order valence-corrected chi connectivity index (χ2v) is 4.08. The van der Waals surface area contributed by atoms with E-state index in [0.29, 0.717) is 23.1 Å². The molecule has 0 amide bonds. The highest BCUT2D eigenvalue weighted by molar-refractivity contribution is 6.42. The number of aliphatic hydroxyl groups is 1. The van der Waals surface area contributed by atoms with Gasteiger partial charge < -0.3 is 10.4 Å². The molecule has 2 N–H and O–H groups in total. The lowest BCUT2D eigenvalue weighted by atomic mass is 9.88. The van der Waals surface area contributed by atoms with Crippen molar-refractivity contribution in [2.45, 2.75) is 5.60 Å². The molecule has 1 aliphatic rings. The Balaban J connectivity index is 2.36. The summed E-state index contributed by atoms with van der Waals surface area (Å²) in [6, 6.07) is 5.22. The van der Waals surface area contributed by atoms with E-state index in [9.17, 15) is 5.11 Å². The van der Waals surface area contributed by atoms with Gasteiger partial charge in [-0.25, -0.2) is 0 Å². The van der Waals surface area contributed by atoms with Gasteiger partial charge in [0.1, 0.15) is 5.60 Å². The molecule has 4 heteroatoms. The maximum absolute atomic E-state index is 9.93. The molecule has 0 aliphatic carbocycles. The molecule has 2 rings (SSSR count). The fourth-order valence-electron chi connectivity index (χ4n) is 1.35. The lowest BCUT2D eigenvalue weighted by Crippen LogP contribution is -2.56. The summed E-state index contributed by atoms with van der Waals surface area (Å²) in [4.78, 5) is 0. The fraction of sp³-hybridized carbons (Fsp3) is 0.333. The minimum Gasteiger partial charge on any atom is -0.382 e. The van der Waals surface area contributed by atoms with Gasteiger partial charge in [-0.05, 0) is 17.7 Å². The molecule has 0 unspecified atom stereocenters. The Morgan fingerprint density at radius 2 is 1.92 bits per heavy atom. The van der Waals surface area contributed by atoms with E-state index >= 15 is 0 Å². The highest BCUT2D eigenvalue weighted by Gasteiger charge is 2.36. The summed E-state index contributed by atoms with van der Waals surface area (Å²) in [5.41, 5.74) is 0.0643. The molecule has 0 atom stereocenters. The molecule has 2 nitrogen and oxygen atoms in total. The van der Waals surface area contributed by atoms with E-state index in [1.165, 1.54) is 0 Å². The van der Waals surface area contributed by atoms with Gasteiger partial charge in [0.25, 0.3) is 0 Å². The van der Waals surface area contributed by atoms with Crippen molar-refractivity contribution < 1.29 is 5.11 Å². The van der Waals surface area contributed by atoms with Crippen LogP contribution in [0.25, 0.3) is 0 Å². The normalized spacial score (nSPS) is 19.6. The lowest BCUT2D eigenvalue weighted by Gasteiger charge is -2.38. The van der Waals surface area contributed by atoms with Gasteiger partial charge in [-0.15, -0.1) is 0 Å². The number of halogens is 2. The Labute approximate surface area is 86.5 Å². The topological polar surface area (TPSA) is 32.3 Å². The van der Waals surface area contributed by atoms with E-state index in [-0.39, 0.29) is 0 Å². The molecular formula is C9H9Cl2NO. The molecule has 1 aliphatic heterocycles. The third-order valence-corrected chi connectivity index (χ3v) is 3.03. The molecule has 0 saturated carbocycles. The van der Waals surface area contributed by atoms with Crippen molar-refractivity contribution in [3.8, 4) is 0 Å². The van der Waals surface area contributed by atoms with Crippen molar-refractivity contribution >= 4 is 23.2 Å². The van der Waals surface area contributed by atoms with Gasteiger partial charge in [0.05, 0.1) is 10.0 Å². The zero-order chi connectivity index (χ0) is 9.47. The largest absolute Gasteiger partial charge is 0.382 e. The molecule has 0 radical (unpaired) electrons. The maximum Gasteiger partial charge on any atom is 0.114 e. The first-order valence-corrected chi connectivity index (χ1v) is 4.76. The Morgan fingerprint density at radius 3 is 2.38 bits per heavy atom. The van der Waals surface area contributed by atoms with Gasteiger partial charge >= 0.3 is 0 Å². The van der Waals surface area contributed by atoms with Crippen LogP contribution in [-0.4, -0.2) is 18.2 Å². The molecule has 0 bridgehead atoms. The first-order valence-electron chi connectivity index (χ1n) is 4.00. The van der Waals surface area contributed by atoms with Crippen LogP contribution in [-0.2, 0) is 5.60 Å². The first kappa shape index (κ1) is 9.28. The summed E-state index contributed by atoms with van der Waals surface area (Å²) in [6.45, 7) is 1.15. The summed E-state index contributed by atoms with van der Waals surface area (Å²) in [5.74, 6) is 0. The Kier molecular flexibility index (Phi) is 2.24. The Hall–Kier alpha value is -0.280. The van der Waals surface area contributed by atoms with Crippen LogP contribution in [0.4, 0.5) is 0 Å². The molecule has 1 saturated heterocycles. The SMILES string of the molecule is OC1(c2ccc(Cl)c(Cl)c2)CNC1. The highest BCUT2D eigenvalue weighted by Crippen LogP contribution is 2.30. The van der Waals surface area contributed by atoms with Gasteiger partial charge in [0.2, 0.25) is 0 Å². The monoisotopic (exact) mass is 217 g/mol. The highest BCUT2D eigenvalue weighted by atomic mass is 35.5. The van der Waals surface area contributed by atoms with E-state index in [1.54, 1.807) is 18.2 Å². The van der Waals surface area contributed by atoms with E-state index in [4.69, 9.17) is 23.2 Å². The standard InChI is InChI=1S/C9H9Cl2NO/c10-7-2-1-6(3-8(7)11)9(13)4-12-5-9/h1-3,12-13H,4-5H2. The molecule has 70 valence electrons. The van der Waals surface area contributed by atoms with Crippen LogP contribution in [0.15, 0.2) is 18.2 Å². The zero-order valence-corrected chi connectivity index (χ0v) is 8.36. The smallest absolute Gasteiger partial charge is 0.114 e. The Morgan fingerprint density at radius 1 is 1.23 bits per heavy atom. The molecular weight excluding hydrogens is 209 g/mol. The number of nitrogens with one attached hydrogen (secondary N) is 1. The molecule has 0 aromatic heterocycles. The maximum atomic E-state index is 9.93. The van der Waals surface area contributed by atoms with Crippen molar-refractivity contribution in [1.29, 1.82) is 0 Å². The number of benzene rings is 1. The van der Waals surface area contributed by atoms with Gasteiger partial charge in [-0.2, -0.15) is 0 Å². The van der Waals surface area contributed by atoms with Gasteiger partial charge in [-0.1, -0.05) is 29.3 Å². The molecule has 1 aromatic rings. The van der Waals surface area contributed by atoms with Gasteiger partial charge in [0, 0.05) is 13.1 Å². The van der Waals surface area contributed by atoms with Crippen molar-refractivity contribution in [1.82, 2.24) is 5.32 Å². The summed E-state index contributed by atoms with van der Waals surface area (Å²) >= 11 is 11.6. The summed E-state index contributed by atoms with van der Waals surface area (Å²) < 4.78 is 0. The minimum absolute atomic E-state index is 0.486. The summed E-state index contributed by atoms with van der Waals surface area (Å²) in [6.07, 6.45) is 0. The predicted octanol–water partition coefficient (Wildman–Crippen LogP) is 1.78. The van der Waals surface area contributed by atoms with Crippen LogP contribution in [0.5, 0.6) is 0 Å². The van der Waals surface area contributed by atoms with Crippen LogP contribution < -0.4 is 5.32 Å². The first-order chi connectivity index (χ1) is 6.12. The van der Waals surface area contributed by atoms with Crippen molar-refractivity contribution in [2.75, 3.05) is 13.1 Å². The number of hydrogen-bond donors (Lipinski definition) is 2. The van der Waals surface area contributed by atoms with Crippen molar-refractivity contribution in [2.24, 2.45) is 0 Å². The quantitative estimate of drug-likeness (QED) is 0.753. The predicted molar refractivity (Wildman–Crippen MR) is 53.2 cm³/mol. The molecule has 1 aromatic carbocycles. The molecule has 1 fully saturated rings. The van der Waals surface area contributed by atoms with Crippen LogP contribution in [0.1, 0.15) is 5.56 Å². The molecule has 13 heavy (non-hydrogen) atoms. The average Bonchev–Trinajstić information content (AvgIpc) is 2.06. The average molecular weight is 218 g/mol. The third kappa shape index (κ3) is 1.55.